The van der Waals surface area contributed by atoms with E-state index in [4.69, 9.17) is 0 Å². The third kappa shape index (κ3) is 3.65. The summed E-state index contributed by atoms with van der Waals surface area (Å²) < 4.78 is 1.72. The minimum absolute atomic E-state index is 0.196. The summed E-state index contributed by atoms with van der Waals surface area (Å²) in [4.78, 5) is 21.1. The van der Waals surface area contributed by atoms with E-state index in [2.05, 4.69) is 39.2 Å². The van der Waals surface area contributed by atoms with Gasteiger partial charge in [0.25, 0.3) is 0 Å². The minimum Gasteiger partial charge on any atom is -0.341 e. The zero-order chi connectivity index (χ0) is 17.9. The number of likely N-dealkylation sites (N-methyl/N-ethyl adjacent to an activating group) is 1. The van der Waals surface area contributed by atoms with Crippen molar-refractivity contribution in [1.82, 2.24) is 24.6 Å². The molecule has 138 valence electrons. The Morgan fingerprint density at radius 1 is 1.27 bits per heavy atom. The van der Waals surface area contributed by atoms with Crippen molar-refractivity contribution in [3.05, 3.63) is 48.0 Å². The van der Waals surface area contributed by atoms with Crippen molar-refractivity contribution in [2.24, 2.45) is 0 Å². The summed E-state index contributed by atoms with van der Waals surface area (Å²) in [5.74, 6) is 0.196. The van der Waals surface area contributed by atoms with Crippen molar-refractivity contribution in [3.8, 4) is 0 Å². The molecular formula is C20H27N5O. The molecule has 0 spiro atoms. The van der Waals surface area contributed by atoms with Crippen LogP contribution >= 0.6 is 0 Å². The maximum absolute atomic E-state index is 12.6. The van der Waals surface area contributed by atoms with Crippen LogP contribution < -0.4 is 0 Å². The number of piperidine rings is 1. The maximum Gasteiger partial charge on any atom is 0.224 e. The Morgan fingerprint density at radius 3 is 2.73 bits per heavy atom. The second-order valence-corrected chi connectivity index (χ2v) is 7.53. The molecule has 1 aliphatic heterocycles. The van der Waals surface area contributed by atoms with Crippen LogP contribution in [-0.4, -0.2) is 62.7 Å². The van der Waals surface area contributed by atoms with Crippen LogP contribution in [0.3, 0.4) is 0 Å². The lowest BCUT2D eigenvalue weighted by molar-refractivity contribution is -0.133. The Balaban J connectivity index is 1.32. The van der Waals surface area contributed by atoms with Gasteiger partial charge in [-0.1, -0.05) is 24.3 Å². The fourth-order valence-corrected chi connectivity index (χ4v) is 4.36. The molecule has 0 bridgehead atoms. The van der Waals surface area contributed by atoms with Gasteiger partial charge in [0.2, 0.25) is 5.91 Å². The van der Waals surface area contributed by atoms with Crippen molar-refractivity contribution < 1.29 is 4.79 Å². The molecule has 0 N–H and O–H groups in total. The molecule has 1 unspecified atom stereocenters. The summed E-state index contributed by atoms with van der Waals surface area (Å²) in [6.07, 6.45) is 8.20. The predicted octanol–water partition coefficient (Wildman–Crippen LogP) is 1.76. The molecule has 26 heavy (non-hydrogen) atoms. The molecule has 2 heterocycles. The number of amides is 1. The van der Waals surface area contributed by atoms with Gasteiger partial charge >= 0.3 is 0 Å². The third-order valence-electron chi connectivity index (χ3n) is 5.94. The smallest absolute Gasteiger partial charge is 0.224 e. The number of benzene rings is 1. The van der Waals surface area contributed by atoms with Gasteiger partial charge in [-0.15, -0.1) is 0 Å². The predicted molar refractivity (Wildman–Crippen MR) is 99.6 cm³/mol. The number of carbonyl (C=O) groups is 1. The summed E-state index contributed by atoms with van der Waals surface area (Å²) in [7, 11) is 1.96. The van der Waals surface area contributed by atoms with E-state index in [-0.39, 0.29) is 5.91 Å². The Kier molecular flexibility index (Phi) is 5.02. The highest BCUT2D eigenvalue weighted by Crippen LogP contribution is 2.28. The van der Waals surface area contributed by atoms with E-state index in [1.54, 1.807) is 11.0 Å². The summed E-state index contributed by atoms with van der Waals surface area (Å²) in [6, 6.07) is 9.71. The maximum atomic E-state index is 12.6. The number of fused-ring (bicyclic) bond motifs is 1. The van der Waals surface area contributed by atoms with Crippen LogP contribution in [0.2, 0.25) is 0 Å². The third-order valence-corrected chi connectivity index (χ3v) is 5.94. The van der Waals surface area contributed by atoms with Crippen molar-refractivity contribution in [1.29, 1.82) is 0 Å². The number of rotatable bonds is 5. The molecule has 1 aliphatic carbocycles. The number of hydrogen-bond acceptors (Lipinski definition) is 4. The fourth-order valence-electron chi connectivity index (χ4n) is 4.36. The lowest BCUT2D eigenvalue weighted by Gasteiger charge is -2.40. The van der Waals surface area contributed by atoms with Crippen LogP contribution in [0.1, 0.15) is 30.4 Å². The van der Waals surface area contributed by atoms with E-state index in [0.717, 1.165) is 38.8 Å². The molecule has 1 amide bonds. The molecule has 0 radical (unpaired) electrons. The Hall–Kier alpha value is -2.21. The first-order valence-electron chi connectivity index (χ1n) is 9.59. The van der Waals surface area contributed by atoms with E-state index >= 15 is 0 Å². The second kappa shape index (κ2) is 7.58. The Bertz CT molecular complexity index is 719. The zero-order valence-corrected chi connectivity index (χ0v) is 15.4. The highest BCUT2D eigenvalue weighted by molar-refractivity contribution is 5.76. The number of carbonyl (C=O) groups excluding carboxylic acids is 1. The normalized spacial score (nSPS) is 20.9. The number of aryl methyl sites for hydroxylation is 1. The molecule has 4 rings (SSSR count). The van der Waals surface area contributed by atoms with E-state index < -0.39 is 0 Å². The van der Waals surface area contributed by atoms with E-state index in [1.165, 1.54) is 17.5 Å². The molecule has 1 saturated heterocycles. The van der Waals surface area contributed by atoms with Gasteiger partial charge < -0.3 is 4.90 Å². The zero-order valence-electron chi connectivity index (χ0n) is 15.4. The van der Waals surface area contributed by atoms with Crippen molar-refractivity contribution in [2.45, 2.75) is 50.7 Å². The van der Waals surface area contributed by atoms with Gasteiger partial charge in [-0.2, -0.15) is 5.10 Å². The average Bonchev–Trinajstić information content (AvgIpc) is 3.35. The van der Waals surface area contributed by atoms with Crippen molar-refractivity contribution in [3.63, 3.8) is 0 Å². The highest BCUT2D eigenvalue weighted by atomic mass is 16.2. The SMILES string of the molecule is CN(C(=O)CCn1cncn1)C1CCCN(C2Cc3ccccc3C2)C1. The summed E-state index contributed by atoms with van der Waals surface area (Å²) in [6.45, 7) is 2.73. The van der Waals surface area contributed by atoms with Crippen molar-refractivity contribution >= 4 is 5.91 Å². The summed E-state index contributed by atoms with van der Waals surface area (Å²) in [5, 5.41) is 4.07. The number of aromatic nitrogens is 3. The topological polar surface area (TPSA) is 54.3 Å². The highest BCUT2D eigenvalue weighted by Gasteiger charge is 2.32. The van der Waals surface area contributed by atoms with Gasteiger partial charge in [0.15, 0.2) is 0 Å². The second-order valence-electron chi connectivity index (χ2n) is 7.53. The van der Waals surface area contributed by atoms with Gasteiger partial charge in [-0.25, -0.2) is 4.98 Å². The Labute approximate surface area is 154 Å². The number of likely N-dealkylation sites (tertiary alicyclic amines) is 1. The van der Waals surface area contributed by atoms with E-state index in [9.17, 15) is 4.79 Å². The van der Waals surface area contributed by atoms with Crippen LogP contribution in [0.5, 0.6) is 0 Å². The van der Waals surface area contributed by atoms with Gasteiger partial charge in [0.1, 0.15) is 12.7 Å². The van der Waals surface area contributed by atoms with E-state index in [0.29, 0.717) is 25.0 Å². The van der Waals surface area contributed by atoms with Crippen LogP contribution in [0.25, 0.3) is 0 Å². The first-order valence-corrected chi connectivity index (χ1v) is 9.59. The molecule has 6 heteroatoms. The van der Waals surface area contributed by atoms with Gasteiger partial charge in [-0.05, 0) is 43.4 Å². The van der Waals surface area contributed by atoms with Crippen molar-refractivity contribution in [2.75, 3.05) is 20.1 Å². The molecule has 6 nitrogen and oxygen atoms in total. The fraction of sp³-hybridized carbons (Fsp3) is 0.550. The standard InChI is InChI=1S/C20H27N5O/c1-23(20(26)8-10-25-15-21-14-22-25)18-7-4-9-24(13-18)19-11-16-5-2-3-6-17(16)12-19/h2-3,5-6,14-15,18-19H,4,7-13H2,1H3. The summed E-state index contributed by atoms with van der Waals surface area (Å²) in [5.41, 5.74) is 2.99. The molecule has 1 aromatic carbocycles. The number of nitrogens with zero attached hydrogens (tertiary/aromatic N) is 5. The quantitative estimate of drug-likeness (QED) is 0.822. The monoisotopic (exact) mass is 353 g/mol. The lowest BCUT2D eigenvalue weighted by atomic mass is 10.0. The molecule has 1 aromatic heterocycles. The van der Waals surface area contributed by atoms with Gasteiger partial charge in [0, 0.05) is 32.1 Å². The van der Waals surface area contributed by atoms with E-state index in [1.807, 2.05) is 11.9 Å². The van der Waals surface area contributed by atoms with Gasteiger partial charge in [0.05, 0.1) is 6.54 Å². The van der Waals surface area contributed by atoms with Gasteiger partial charge in [-0.3, -0.25) is 14.4 Å². The Morgan fingerprint density at radius 2 is 2.04 bits per heavy atom. The van der Waals surface area contributed by atoms with Crippen LogP contribution in [0, 0.1) is 0 Å². The van der Waals surface area contributed by atoms with Crippen LogP contribution in [-0.2, 0) is 24.2 Å². The number of hydrogen-bond donors (Lipinski definition) is 0. The first-order chi connectivity index (χ1) is 12.7. The molecule has 2 aliphatic rings. The van der Waals surface area contributed by atoms with Crippen LogP contribution in [0.4, 0.5) is 0 Å². The first kappa shape index (κ1) is 17.2. The summed E-state index contributed by atoms with van der Waals surface area (Å²) >= 11 is 0. The minimum atomic E-state index is 0.196. The molecule has 1 fully saturated rings. The molecule has 2 aromatic rings. The lowest BCUT2D eigenvalue weighted by Crippen LogP contribution is -2.51. The van der Waals surface area contributed by atoms with Crippen LogP contribution in [0.15, 0.2) is 36.9 Å². The molecule has 1 atom stereocenters. The average molecular weight is 353 g/mol. The molecule has 0 saturated carbocycles. The largest absolute Gasteiger partial charge is 0.341 e. The molecular weight excluding hydrogens is 326 g/mol.